The van der Waals surface area contributed by atoms with Crippen molar-refractivity contribution in [1.29, 1.82) is 0 Å². The van der Waals surface area contributed by atoms with Crippen molar-refractivity contribution in [3.8, 4) is 0 Å². The highest BCUT2D eigenvalue weighted by molar-refractivity contribution is 7.99. The molecule has 0 atom stereocenters. The molecule has 5 rings (SSSR count). The summed E-state index contributed by atoms with van der Waals surface area (Å²) in [5.74, 6) is -0.270. The molecule has 0 spiro atoms. The lowest BCUT2D eigenvalue weighted by atomic mass is 10.1. The van der Waals surface area contributed by atoms with Crippen molar-refractivity contribution in [2.24, 2.45) is 7.05 Å². The minimum absolute atomic E-state index is 0.168. The monoisotopic (exact) mass is 458 g/mol. The van der Waals surface area contributed by atoms with Crippen LogP contribution in [0, 0.1) is 0 Å². The van der Waals surface area contributed by atoms with Gasteiger partial charge in [-0.1, -0.05) is 30.0 Å². The van der Waals surface area contributed by atoms with Crippen LogP contribution in [-0.2, 0) is 11.8 Å². The van der Waals surface area contributed by atoms with Crippen molar-refractivity contribution in [3.63, 3.8) is 0 Å². The van der Waals surface area contributed by atoms with Crippen LogP contribution < -0.4 is 10.6 Å². The number of anilines is 2. The quantitative estimate of drug-likeness (QED) is 0.368. The van der Waals surface area contributed by atoms with Crippen molar-refractivity contribution in [1.82, 2.24) is 20.2 Å². The summed E-state index contributed by atoms with van der Waals surface area (Å²) in [6.07, 6.45) is 0. The second-order valence-electron chi connectivity index (χ2n) is 7.26. The van der Waals surface area contributed by atoms with Crippen LogP contribution in [0.15, 0.2) is 76.3 Å². The molecule has 0 aliphatic rings. The van der Waals surface area contributed by atoms with Gasteiger partial charge < -0.3 is 15.1 Å². The molecule has 164 valence electrons. The lowest BCUT2D eigenvalue weighted by molar-refractivity contribution is -0.113. The van der Waals surface area contributed by atoms with E-state index < -0.39 is 0 Å². The first kappa shape index (κ1) is 20.7. The van der Waals surface area contributed by atoms with Gasteiger partial charge in [-0.2, -0.15) is 0 Å². The van der Waals surface area contributed by atoms with E-state index in [0.29, 0.717) is 22.1 Å². The van der Waals surface area contributed by atoms with Gasteiger partial charge in [0, 0.05) is 34.8 Å². The van der Waals surface area contributed by atoms with E-state index in [4.69, 9.17) is 4.42 Å². The number of aryl methyl sites for hydroxylation is 1. The normalized spacial score (nSPS) is 11.1. The maximum absolute atomic E-state index is 12.7. The predicted octanol–water partition coefficient (Wildman–Crippen LogP) is 4.09. The van der Waals surface area contributed by atoms with Crippen LogP contribution in [0.25, 0.3) is 21.9 Å². The Morgan fingerprint density at radius 2 is 1.70 bits per heavy atom. The number of benzene rings is 3. The van der Waals surface area contributed by atoms with Gasteiger partial charge in [0.2, 0.25) is 11.1 Å². The second kappa shape index (κ2) is 8.75. The van der Waals surface area contributed by atoms with E-state index in [0.717, 1.165) is 21.9 Å². The van der Waals surface area contributed by atoms with Gasteiger partial charge in [0.25, 0.3) is 5.91 Å². The summed E-state index contributed by atoms with van der Waals surface area (Å²) in [5, 5.41) is 19.3. The largest absolute Gasteiger partial charge is 0.456 e. The summed E-state index contributed by atoms with van der Waals surface area (Å²) in [5.41, 5.74) is 3.32. The summed E-state index contributed by atoms with van der Waals surface area (Å²) < 4.78 is 7.32. The van der Waals surface area contributed by atoms with Crippen molar-refractivity contribution in [3.05, 3.63) is 72.3 Å². The van der Waals surface area contributed by atoms with Gasteiger partial charge in [0.05, 0.1) is 5.75 Å². The molecular weight excluding hydrogens is 440 g/mol. The number of carbonyl (C=O) groups is 2. The summed E-state index contributed by atoms with van der Waals surface area (Å²) >= 11 is 1.24. The maximum atomic E-state index is 12.7. The van der Waals surface area contributed by atoms with Crippen LogP contribution >= 0.6 is 11.8 Å². The molecular formula is C23H18N6O3S. The number of aromatic nitrogens is 4. The smallest absolute Gasteiger partial charge is 0.255 e. The Hall–Kier alpha value is -4.18. The van der Waals surface area contributed by atoms with Crippen LogP contribution in [0.3, 0.4) is 0 Å². The van der Waals surface area contributed by atoms with Gasteiger partial charge in [-0.05, 0) is 59.0 Å². The lowest BCUT2D eigenvalue weighted by Crippen LogP contribution is -2.15. The Bertz CT molecular complexity index is 1470. The minimum Gasteiger partial charge on any atom is -0.456 e. The molecule has 0 saturated heterocycles. The fourth-order valence-corrected chi connectivity index (χ4v) is 4.03. The van der Waals surface area contributed by atoms with E-state index in [1.54, 1.807) is 31.3 Å². The molecule has 5 aromatic rings. The number of hydrogen-bond acceptors (Lipinski definition) is 7. The molecule has 10 heteroatoms. The highest BCUT2D eigenvalue weighted by Gasteiger charge is 2.11. The fraction of sp³-hybridized carbons (Fsp3) is 0.0870. The fourth-order valence-electron chi connectivity index (χ4n) is 3.38. The van der Waals surface area contributed by atoms with Gasteiger partial charge in [-0.25, -0.2) is 4.68 Å². The second-order valence-corrected chi connectivity index (χ2v) is 8.21. The molecule has 33 heavy (non-hydrogen) atoms. The maximum Gasteiger partial charge on any atom is 0.255 e. The number of thioether (sulfide) groups is 1. The summed E-state index contributed by atoms with van der Waals surface area (Å²) in [7, 11) is 1.71. The zero-order chi connectivity index (χ0) is 22.8. The first-order chi connectivity index (χ1) is 16.1. The number of nitrogens with one attached hydrogen (secondary N) is 2. The third kappa shape index (κ3) is 4.41. The summed E-state index contributed by atoms with van der Waals surface area (Å²) in [6, 6.07) is 20.0. The highest BCUT2D eigenvalue weighted by atomic mass is 32.2. The minimum atomic E-state index is -0.245. The Labute approximate surface area is 192 Å². The third-order valence-electron chi connectivity index (χ3n) is 4.98. The van der Waals surface area contributed by atoms with E-state index in [9.17, 15) is 9.59 Å². The number of para-hydroxylation sites is 1. The molecule has 0 aliphatic heterocycles. The molecule has 2 heterocycles. The van der Waals surface area contributed by atoms with Crippen LogP contribution in [0.2, 0.25) is 0 Å². The molecule has 0 saturated carbocycles. The van der Waals surface area contributed by atoms with E-state index in [-0.39, 0.29) is 17.6 Å². The average Bonchev–Trinajstić information content (AvgIpc) is 3.41. The number of tetrazole rings is 1. The molecule has 9 nitrogen and oxygen atoms in total. The van der Waals surface area contributed by atoms with Crippen LogP contribution in [-0.4, -0.2) is 37.8 Å². The molecule has 3 aromatic carbocycles. The molecule has 0 unspecified atom stereocenters. The molecule has 0 radical (unpaired) electrons. The van der Waals surface area contributed by atoms with E-state index in [2.05, 4.69) is 26.2 Å². The van der Waals surface area contributed by atoms with E-state index in [1.807, 2.05) is 42.5 Å². The number of amides is 2. The number of fused-ring (bicyclic) bond motifs is 3. The summed E-state index contributed by atoms with van der Waals surface area (Å²) in [6.45, 7) is 0. The van der Waals surface area contributed by atoms with E-state index >= 15 is 0 Å². The number of hydrogen-bond donors (Lipinski definition) is 2. The first-order valence-electron chi connectivity index (χ1n) is 10.0. The first-order valence-corrected chi connectivity index (χ1v) is 11.0. The molecule has 0 bridgehead atoms. The van der Waals surface area contributed by atoms with Gasteiger partial charge in [-0.15, -0.1) is 5.10 Å². The third-order valence-corrected chi connectivity index (χ3v) is 5.99. The van der Waals surface area contributed by atoms with Gasteiger partial charge in [-0.3, -0.25) is 9.59 Å². The zero-order valence-corrected chi connectivity index (χ0v) is 18.3. The predicted molar refractivity (Wildman–Crippen MR) is 126 cm³/mol. The number of carbonyl (C=O) groups excluding carboxylic acids is 2. The molecule has 2 aromatic heterocycles. The number of rotatable bonds is 6. The van der Waals surface area contributed by atoms with Crippen molar-refractivity contribution in [2.75, 3.05) is 16.4 Å². The van der Waals surface area contributed by atoms with Crippen LogP contribution in [0.1, 0.15) is 10.4 Å². The Kier molecular flexibility index (Phi) is 5.49. The molecule has 2 amide bonds. The average molecular weight is 459 g/mol. The Morgan fingerprint density at radius 1 is 0.939 bits per heavy atom. The van der Waals surface area contributed by atoms with Crippen molar-refractivity contribution < 1.29 is 14.0 Å². The van der Waals surface area contributed by atoms with Crippen LogP contribution in [0.5, 0.6) is 0 Å². The Balaban J connectivity index is 1.22. The zero-order valence-electron chi connectivity index (χ0n) is 17.5. The SMILES string of the molecule is Cn1nnnc1SCC(=O)Nc1ccc(C(=O)Nc2ccc3oc4ccccc4c3c2)cc1. The van der Waals surface area contributed by atoms with Gasteiger partial charge in [0.1, 0.15) is 11.2 Å². The molecule has 0 aliphatic carbocycles. The Morgan fingerprint density at radius 3 is 2.48 bits per heavy atom. The number of nitrogens with zero attached hydrogens (tertiary/aromatic N) is 4. The lowest BCUT2D eigenvalue weighted by Gasteiger charge is -2.08. The molecule has 0 fully saturated rings. The van der Waals surface area contributed by atoms with Crippen molar-refractivity contribution in [2.45, 2.75) is 5.16 Å². The number of furan rings is 1. The van der Waals surface area contributed by atoms with Gasteiger partial charge in [0.15, 0.2) is 0 Å². The van der Waals surface area contributed by atoms with Gasteiger partial charge >= 0.3 is 0 Å². The highest BCUT2D eigenvalue weighted by Crippen LogP contribution is 2.30. The van der Waals surface area contributed by atoms with E-state index in [1.165, 1.54) is 16.4 Å². The summed E-state index contributed by atoms with van der Waals surface area (Å²) in [4.78, 5) is 24.9. The molecule has 2 N–H and O–H groups in total. The van der Waals surface area contributed by atoms with Crippen molar-refractivity contribution >= 4 is 56.9 Å². The van der Waals surface area contributed by atoms with Crippen LogP contribution in [0.4, 0.5) is 11.4 Å². The topological polar surface area (TPSA) is 115 Å². The standard InChI is InChI=1S/C23H18N6O3S/c1-29-23(26-27-28-29)33-13-21(30)24-15-8-6-14(7-9-15)22(31)25-16-10-11-20-18(12-16)17-4-2-3-5-19(17)32-20/h2-12H,13H2,1H3,(H,24,30)(H,25,31).